The maximum absolute atomic E-state index is 13.3. The Balaban J connectivity index is 2.02. The van der Waals surface area contributed by atoms with Gasteiger partial charge in [-0.05, 0) is 54.6 Å². The maximum atomic E-state index is 13.3. The zero-order chi connectivity index (χ0) is 24.0. The highest BCUT2D eigenvalue weighted by Crippen LogP contribution is 2.34. The highest BCUT2D eigenvalue weighted by molar-refractivity contribution is 5.94. The van der Waals surface area contributed by atoms with E-state index in [0.717, 1.165) is 53.2 Å². The van der Waals surface area contributed by atoms with Crippen molar-refractivity contribution in [1.29, 1.82) is 0 Å². The number of fused-ring (bicyclic) bond motifs is 1. The Morgan fingerprint density at radius 1 is 0.818 bits per heavy atom. The third-order valence-electron chi connectivity index (χ3n) is 4.64. The Kier molecular flexibility index (Phi) is 5.35. The molecule has 0 atom stereocenters. The molecule has 0 saturated heterocycles. The fourth-order valence-electron chi connectivity index (χ4n) is 3.23. The minimum Gasteiger partial charge on any atom is -0.406 e. The van der Waals surface area contributed by atoms with E-state index in [9.17, 15) is 35.5 Å². The average molecular weight is 468 g/mol. The van der Waals surface area contributed by atoms with Gasteiger partial charge in [-0.15, -0.1) is 13.2 Å². The lowest BCUT2D eigenvalue weighted by Crippen LogP contribution is -2.23. The maximum Gasteiger partial charge on any atom is 0.573 e. The monoisotopic (exact) mass is 468 g/mol. The lowest BCUT2D eigenvalue weighted by Gasteiger charge is -2.14. The normalized spacial score (nSPS) is 12.2. The second-order valence-corrected chi connectivity index (χ2v) is 6.88. The molecule has 1 aromatic heterocycles. The molecule has 0 bridgehead atoms. The second kappa shape index (κ2) is 7.91. The first-order valence-corrected chi connectivity index (χ1v) is 9.19. The van der Waals surface area contributed by atoms with Crippen LogP contribution in [0.2, 0.25) is 0 Å². The molecule has 0 unspecified atom stereocenters. The predicted octanol–water partition coefficient (Wildman–Crippen LogP) is 6.11. The van der Waals surface area contributed by atoms with Gasteiger partial charge in [0.2, 0.25) is 0 Å². The molecule has 0 saturated carbocycles. The van der Waals surface area contributed by atoms with Crippen LogP contribution in [0, 0.1) is 5.82 Å². The molecule has 3 aromatic carbocycles. The molecule has 4 nitrogen and oxygen atoms in total. The predicted molar refractivity (Wildman–Crippen MR) is 104 cm³/mol. The number of alkyl halides is 6. The van der Waals surface area contributed by atoms with Gasteiger partial charge in [0.15, 0.2) is 0 Å². The number of aromatic nitrogens is 2. The van der Waals surface area contributed by atoms with Crippen LogP contribution in [0.15, 0.2) is 71.5 Å². The Hall–Kier alpha value is -3.89. The van der Waals surface area contributed by atoms with E-state index in [1.54, 1.807) is 0 Å². The first kappa shape index (κ1) is 22.3. The molecule has 1 heterocycles. The lowest BCUT2D eigenvalue weighted by molar-refractivity contribution is -0.274. The number of ether oxygens (including phenoxy) is 1. The van der Waals surface area contributed by atoms with Gasteiger partial charge in [0.05, 0.1) is 22.3 Å². The molecule has 4 aromatic rings. The van der Waals surface area contributed by atoms with Gasteiger partial charge in [-0.1, -0.05) is 12.1 Å². The van der Waals surface area contributed by atoms with Crippen molar-refractivity contribution in [2.45, 2.75) is 12.5 Å². The van der Waals surface area contributed by atoms with E-state index in [-0.39, 0.29) is 27.7 Å². The van der Waals surface area contributed by atoms with E-state index in [2.05, 4.69) is 9.84 Å². The van der Waals surface area contributed by atoms with E-state index >= 15 is 0 Å². The van der Waals surface area contributed by atoms with E-state index in [1.165, 1.54) is 18.2 Å². The Morgan fingerprint density at radius 3 is 2.15 bits per heavy atom. The summed E-state index contributed by atoms with van der Waals surface area (Å²) >= 11 is 0. The van der Waals surface area contributed by atoms with Crippen LogP contribution in [-0.2, 0) is 6.18 Å². The van der Waals surface area contributed by atoms with Crippen molar-refractivity contribution >= 4 is 10.8 Å². The summed E-state index contributed by atoms with van der Waals surface area (Å²) in [4.78, 5) is 13.0. The van der Waals surface area contributed by atoms with Crippen LogP contribution in [0.3, 0.4) is 0 Å². The molecule has 0 fully saturated rings. The minimum atomic E-state index is -5.03. The summed E-state index contributed by atoms with van der Waals surface area (Å²) < 4.78 is 95.6. The summed E-state index contributed by atoms with van der Waals surface area (Å²) in [5.41, 5.74) is -1.93. The molecule has 4 rings (SSSR count). The molecule has 170 valence electrons. The molecule has 0 aliphatic carbocycles. The van der Waals surface area contributed by atoms with Crippen LogP contribution in [0.4, 0.5) is 30.7 Å². The smallest absolute Gasteiger partial charge is 0.406 e. The molecule has 0 aliphatic rings. The number of nitrogens with zero attached hydrogens (tertiary/aromatic N) is 2. The van der Waals surface area contributed by atoms with Crippen LogP contribution in [-0.4, -0.2) is 16.1 Å². The van der Waals surface area contributed by atoms with Crippen molar-refractivity contribution in [2.75, 3.05) is 0 Å². The van der Waals surface area contributed by atoms with Gasteiger partial charge in [0.25, 0.3) is 5.56 Å². The number of benzene rings is 3. The van der Waals surface area contributed by atoms with Gasteiger partial charge in [-0.25, -0.2) is 4.39 Å². The SMILES string of the molecule is O=c1c2cc(OC(F)(F)F)ccc2c(-c2cccc(C(F)(F)F)c2)nn1-c1ccc(F)cc1. The number of hydrogen-bond acceptors (Lipinski definition) is 3. The molecule has 0 radical (unpaired) electrons. The third-order valence-corrected chi connectivity index (χ3v) is 4.64. The van der Waals surface area contributed by atoms with Gasteiger partial charge in [-0.3, -0.25) is 4.79 Å². The van der Waals surface area contributed by atoms with Crippen molar-refractivity contribution < 1.29 is 35.5 Å². The highest BCUT2D eigenvalue weighted by Gasteiger charge is 2.32. The lowest BCUT2D eigenvalue weighted by atomic mass is 10.0. The molecule has 0 amide bonds. The van der Waals surface area contributed by atoms with E-state index in [0.29, 0.717) is 0 Å². The second-order valence-electron chi connectivity index (χ2n) is 6.88. The standard InChI is InChI=1S/C22H11F7N2O2/c23-14-4-6-15(7-5-14)31-20(32)18-11-16(33-22(27,28)29)8-9-17(18)19(30-31)12-2-1-3-13(10-12)21(24,25)26/h1-11H. The van der Waals surface area contributed by atoms with Crippen LogP contribution in [0.1, 0.15) is 5.56 Å². The highest BCUT2D eigenvalue weighted by atomic mass is 19.4. The summed E-state index contributed by atoms with van der Waals surface area (Å²) in [7, 11) is 0. The van der Waals surface area contributed by atoms with Gasteiger partial charge in [0.1, 0.15) is 11.6 Å². The summed E-state index contributed by atoms with van der Waals surface area (Å²) in [6, 6.07) is 11.4. The summed E-state index contributed by atoms with van der Waals surface area (Å²) in [5.74, 6) is -1.31. The first-order valence-electron chi connectivity index (χ1n) is 9.19. The topological polar surface area (TPSA) is 44.1 Å². The zero-order valence-electron chi connectivity index (χ0n) is 16.2. The first-order chi connectivity index (χ1) is 15.4. The molecule has 0 aliphatic heterocycles. The Labute approximate surface area is 180 Å². The van der Waals surface area contributed by atoms with E-state index < -0.39 is 35.2 Å². The van der Waals surface area contributed by atoms with Crippen molar-refractivity contribution in [3.8, 4) is 22.7 Å². The van der Waals surface area contributed by atoms with Crippen molar-refractivity contribution in [2.24, 2.45) is 0 Å². The van der Waals surface area contributed by atoms with Crippen LogP contribution < -0.4 is 10.3 Å². The Bertz CT molecular complexity index is 1390. The fourth-order valence-corrected chi connectivity index (χ4v) is 3.23. The van der Waals surface area contributed by atoms with Crippen molar-refractivity contribution in [3.05, 3.63) is 88.5 Å². The average Bonchev–Trinajstić information content (AvgIpc) is 2.73. The van der Waals surface area contributed by atoms with Gasteiger partial charge >= 0.3 is 12.5 Å². The quantitative estimate of drug-likeness (QED) is 0.341. The minimum absolute atomic E-state index is 0.00668. The van der Waals surface area contributed by atoms with Gasteiger partial charge in [0, 0.05) is 10.9 Å². The zero-order valence-corrected chi connectivity index (χ0v) is 16.2. The summed E-state index contributed by atoms with van der Waals surface area (Å²) in [5, 5.41) is 3.87. The van der Waals surface area contributed by atoms with E-state index in [4.69, 9.17) is 0 Å². The van der Waals surface area contributed by atoms with Crippen LogP contribution in [0.25, 0.3) is 27.7 Å². The van der Waals surface area contributed by atoms with Crippen LogP contribution >= 0.6 is 0 Å². The Morgan fingerprint density at radius 2 is 1.52 bits per heavy atom. The third kappa shape index (κ3) is 4.66. The molecular formula is C22H11F7N2O2. The van der Waals surface area contributed by atoms with E-state index in [1.807, 2.05) is 0 Å². The van der Waals surface area contributed by atoms with Gasteiger partial charge < -0.3 is 4.74 Å². The molecule has 11 heteroatoms. The van der Waals surface area contributed by atoms with Gasteiger partial charge in [-0.2, -0.15) is 23.0 Å². The van der Waals surface area contributed by atoms with Crippen molar-refractivity contribution in [3.63, 3.8) is 0 Å². The number of halogens is 7. The van der Waals surface area contributed by atoms with Crippen LogP contribution in [0.5, 0.6) is 5.75 Å². The summed E-state index contributed by atoms with van der Waals surface area (Å²) in [6.07, 6.45) is -9.69. The number of hydrogen-bond donors (Lipinski definition) is 0. The summed E-state index contributed by atoms with van der Waals surface area (Å²) in [6.45, 7) is 0. The molecular weight excluding hydrogens is 457 g/mol. The number of rotatable bonds is 3. The largest absolute Gasteiger partial charge is 0.573 e. The molecule has 33 heavy (non-hydrogen) atoms. The molecule has 0 N–H and O–H groups in total. The fraction of sp³-hybridized carbons (Fsp3) is 0.0909. The van der Waals surface area contributed by atoms with Crippen molar-refractivity contribution in [1.82, 2.24) is 9.78 Å². The molecule has 0 spiro atoms.